The molecule has 1 heterocycles. The SMILES string of the molecule is CC(CC(O)C(CN)c1cccnc1)C(C)(C)C. The van der Waals surface area contributed by atoms with Crippen LogP contribution >= 0.6 is 0 Å². The van der Waals surface area contributed by atoms with Crippen molar-refractivity contribution in [2.75, 3.05) is 6.54 Å². The second-order valence-electron chi connectivity index (χ2n) is 6.20. The smallest absolute Gasteiger partial charge is 0.0624 e. The molecule has 1 aromatic heterocycles. The molecule has 1 aromatic rings. The van der Waals surface area contributed by atoms with Crippen LogP contribution in [0.4, 0.5) is 0 Å². The number of aliphatic hydroxyl groups excluding tert-OH is 1. The Labute approximate surface area is 110 Å². The molecule has 18 heavy (non-hydrogen) atoms. The molecule has 0 saturated heterocycles. The summed E-state index contributed by atoms with van der Waals surface area (Å²) in [5.74, 6) is 0.418. The van der Waals surface area contributed by atoms with Crippen LogP contribution in [0.1, 0.15) is 45.6 Å². The van der Waals surface area contributed by atoms with Crippen molar-refractivity contribution in [3.63, 3.8) is 0 Å². The third kappa shape index (κ3) is 4.07. The minimum atomic E-state index is -0.409. The number of nitrogens with two attached hydrogens (primary N) is 1. The lowest BCUT2D eigenvalue weighted by atomic mass is 9.76. The Bertz CT molecular complexity index is 345. The van der Waals surface area contributed by atoms with Crippen LogP contribution in [0.3, 0.4) is 0 Å². The molecule has 0 aliphatic carbocycles. The van der Waals surface area contributed by atoms with Crippen LogP contribution < -0.4 is 5.73 Å². The van der Waals surface area contributed by atoms with Crippen molar-refractivity contribution in [1.82, 2.24) is 4.98 Å². The van der Waals surface area contributed by atoms with Crippen LogP contribution in [0.2, 0.25) is 0 Å². The van der Waals surface area contributed by atoms with E-state index in [0.29, 0.717) is 12.5 Å². The average Bonchev–Trinajstić information content (AvgIpc) is 2.30. The molecule has 3 unspecified atom stereocenters. The number of nitrogens with zero attached hydrogens (tertiary/aromatic N) is 1. The molecule has 3 atom stereocenters. The van der Waals surface area contributed by atoms with Gasteiger partial charge in [0.25, 0.3) is 0 Å². The average molecular weight is 250 g/mol. The molecule has 0 aliphatic rings. The predicted octanol–water partition coefficient (Wildman–Crippen LogP) is 2.56. The van der Waals surface area contributed by atoms with E-state index in [9.17, 15) is 5.11 Å². The van der Waals surface area contributed by atoms with Crippen LogP contribution in [-0.2, 0) is 0 Å². The second-order valence-corrected chi connectivity index (χ2v) is 6.20. The van der Waals surface area contributed by atoms with Crippen molar-refractivity contribution in [2.45, 2.75) is 46.1 Å². The predicted molar refractivity (Wildman–Crippen MR) is 75.3 cm³/mol. The first-order chi connectivity index (χ1) is 8.36. The lowest BCUT2D eigenvalue weighted by molar-refractivity contribution is 0.0893. The maximum absolute atomic E-state index is 10.4. The van der Waals surface area contributed by atoms with Gasteiger partial charge in [-0.2, -0.15) is 0 Å². The minimum Gasteiger partial charge on any atom is -0.392 e. The van der Waals surface area contributed by atoms with Gasteiger partial charge in [-0.1, -0.05) is 33.8 Å². The van der Waals surface area contributed by atoms with Crippen LogP contribution in [0.25, 0.3) is 0 Å². The van der Waals surface area contributed by atoms with Crippen LogP contribution in [0.5, 0.6) is 0 Å². The number of aliphatic hydroxyl groups is 1. The molecular formula is C15H26N2O. The van der Waals surface area contributed by atoms with E-state index in [1.165, 1.54) is 0 Å². The standard InChI is InChI=1S/C15H26N2O/c1-11(15(2,3)4)8-14(18)13(9-16)12-6-5-7-17-10-12/h5-7,10-11,13-14,18H,8-9,16H2,1-4H3. The van der Waals surface area contributed by atoms with Crippen molar-refractivity contribution in [3.8, 4) is 0 Å². The molecule has 0 fully saturated rings. The molecule has 3 N–H and O–H groups in total. The second kappa shape index (κ2) is 6.30. The Morgan fingerprint density at radius 3 is 2.50 bits per heavy atom. The van der Waals surface area contributed by atoms with Gasteiger partial charge in [0.15, 0.2) is 0 Å². The summed E-state index contributed by atoms with van der Waals surface area (Å²) in [6.45, 7) is 9.23. The lowest BCUT2D eigenvalue weighted by Gasteiger charge is -2.31. The fourth-order valence-electron chi connectivity index (χ4n) is 1.99. The van der Waals surface area contributed by atoms with Crippen LogP contribution in [0, 0.1) is 11.3 Å². The zero-order chi connectivity index (χ0) is 13.8. The zero-order valence-electron chi connectivity index (χ0n) is 11.9. The van der Waals surface area contributed by atoms with E-state index in [-0.39, 0.29) is 11.3 Å². The highest BCUT2D eigenvalue weighted by molar-refractivity contribution is 5.16. The Morgan fingerprint density at radius 1 is 1.39 bits per heavy atom. The number of hydrogen-bond donors (Lipinski definition) is 2. The molecule has 0 spiro atoms. The van der Waals surface area contributed by atoms with E-state index in [1.54, 1.807) is 12.4 Å². The van der Waals surface area contributed by atoms with Gasteiger partial charge in [-0.05, 0) is 29.4 Å². The quantitative estimate of drug-likeness (QED) is 0.844. The number of hydrogen-bond acceptors (Lipinski definition) is 3. The van der Waals surface area contributed by atoms with Crippen LogP contribution in [0.15, 0.2) is 24.5 Å². The van der Waals surface area contributed by atoms with Gasteiger partial charge < -0.3 is 10.8 Å². The summed E-state index contributed by atoms with van der Waals surface area (Å²) in [5.41, 5.74) is 7.03. The van der Waals surface area contributed by atoms with Gasteiger partial charge in [-0.15, -0.1) is 0 Å². The summed E-state index contributed by atoms with van der Waals surface area (Å²) < 4.78 is 0. The summed E-state index contributed by atoms with van der Waals surface area (Å²) in [6.07, 6.45) is 3.89. The van der Waals surface area contributed by atoms with E-state index in [4.69, 9.17) is 5.73 Å². The molecule has 3 nitrogen and oxygen atoms in total. The van der Waals surface area contributed by atoms with E-state index in [0.717, 1.165) is 12.0 Å². The monoisotopic (exact) mass is 250 g/mol. The van der Waals surface area contributed by atoms with Crippen molar-refractivity contribution >= 4 is 0 Å². The van der Waals surface area contributed by atoms with Crippen molar-refractivity contribution < 1.29 is 5.11 Å². The first-order valence-electron chi connectivity index (χ1n) is 6.64. The Balaban J connectivity index is 2.72. The molecule has 3 heteroatoms. The number of pyridine rings is 1. The lowest BCUT2D eigenvalue weighted by Crippen LogP contribution is -2.30. The molecule has 0 radical (unpaired) electrons. The number of rotatable bonds is 5. The highest BCUT2D eigenvalue weighted by Crippen LogP contribution is 2.32. The van der Waals surface area contributed by atoms with Gasteiger partial charge in [0.05, 0.1) is 6.10 Å². The minimum absolute atomic E-state index is 0.0245. The third-order valence-corrected chi connectivity index (χ3v) is 3.90. The topological polar surface area (TPSA) is 59.1 Å². The summed E-state index contributed by atoms with van der Waals surface area (Å²) in [6, 6.07) is 3.87. The van der Waals surface area contributed by atoms with Gasteiger partial charge in [-0.3, -0.25) is 4.98 Å². The fourth-order valence-corrected chi connectivity index (χ4v) is 1.99. The fraction of sp³-hybridized carbons (Fsp3) is 0.667. The highest BCUT2D eigenvalue weighted by Gasteiger charge is 2.27. The van der Waals surface area contributed by atoms with Gasteiger partial charge >= 0.3 is 0 Å². The maximum atomic E-state index is 10.4. The van der Waals surface area contributed by atoms with Crippen molar-refractivity contribution in [2.24, 2.45) is 17.1 Å². The molecule has 0 aromatic carbocycles. The molecule has 0 aliphatic heterocycles. The molecule has 0 bridgehead atoms. The molecular weight excluding hydrogens is 224 g/mol. The Morgan fingerprint density at radius 2 is 2.06 bits per heavy atom. The number of aromatic nitrogens is 1. The van der Waals surface area contributed by atoms with Gasteiger partial charge in [-0.25, -0.2) is 0 Å². The van der Waals surface area contributed by atoms with Crippen molar-refractivity contribution in [3.05, 3.63) is 30.1 Å². The normalized spacial score (nSPS) is 17.2. The summed E-state index contributed by atoms with van der Waals surface area (Å²) in [4.78, 5) is 4.10. The largest absolute Gasteiger partial charge is 0.392 e. The maximum Gasteiger partial charge on any atom is 0.0624 e. The Hall–Kier alpha value is -0.930. The highest BCUT2D eigenvalue weighted by atomic mass is 16.3. The third-order valence-electron chi connectivity index (χ3n) is 3.90. The molecule has 102 valence electrons. The summed E-state index contributed by atoms with van der Waals surface area (Å²) >= 11 is 0. The molecule has 0 saturated carbocycles. The van der Waals surface area contributed by atoms with E-state index >= 15 is 0 Å². The molecule has 1 rings (SSSR count). The summed E-state index contributed by atoms with van der Waals surface area (Å²) in [5, 5.41) is 10.4. The molecule has 0 amide bonds. The van der Waals surface area contributed by atoms with Crippen LogP contribution in [-0.4, -0.2) is 22.7 Å². The van der Waals surface area contributed by atoms with E-state index in [2.05, 4.69) is 32.7 Å². The van der Waals surface area contributed by atoms with E-state index < -0.39 is 6.10 Å². The summed E-state index contributed by atoms with van der Waals surface area (Å²) in [7, 11) is 0. The first-order valence-corrected chi connectivity index (χ1v) is 6.64. The van der Waals surface area contributed by atoms with E-state index in [1.807, 2.05) is 12.1 Å². The van der Waals surface area contributed by atoms with Gasteiger partial charge in [0.1, 0.15) is 0 Å². The van der Waals surface area contributed by atoms with Gasteiger partial charge in [0.2, 0.25) is 0 Å². The first kappa shape index (κ1) is 15.1. The Kier molecular flexibility index (Phi) is 5.29. The zero-order valence-corrected chi connectivity index (χ0v) is 11.9. The van der Waals surface area contributed by atoms with Gasteiger partial charge in [0, 0.05) is 24.9 Å². The van der Waals surface area contributed by atoms with Crippen molar-refractivity contribution in [1.29, 1.82) is 0 Å².